The predicted molar refractivity (Wildman–Crippen MR) is 114 cm³/mol. The van der Waals surface area contributed by atoms with Gasteiger partial charge in [0.1, 0.15) is 5.75 Å². The third-order valence-electron chi connectivity index (χ3n) is 4.43. The van der Waals surface area contributed by atoms with Gasteiger partial charge >= 0.3 is 0 Å². The average molecular weight is 405 g/mol. The molecule has 4 rings (SSSR count). The van der Waals surface area contributed by atoms with Crippen LogP contribution in [0.4, 0.5) is 5.69 Å². The van der Waals surface area contributed by atoms with Crippen LogP contribution in [0.1, 0.15) is 6.92 Å². The Morgan fingerprint density at radius 1 is 1.07 bits per heavy atom. The minimum Gasteiger partial charge on any atom is -0.497 e. The van der Waals surface area contributed by atoms with Crippen LogP contribution in [0.15, 0.2) is 71.9 Å². The molecular weight excluding hydrogens is 386 g/mol. The van der Waals surface area contributed by atoms with Crippen molar-refractivity contribution in [3.63, 3.8) is 0 Å². The largest absolute Gasteiger partial charge is 0.497 e. The Hall–Kier alpha value is -3.39. The molecule has 1 aromatic heterocycles. The van der Waals surface area contributed by atoms with E-state index in [4.69, 9.17) is 4.74 Å². The van der Waals surface area contributed by atoms with E-state index >= 15 is 0 Å². The lowest BCUT2D eigenvalue weighted by atomic mass is 10.1. The van der Waals surface area contributed by atoms with Crippen LogP contribution < -0.4 is 10.1 Å². The van der Waals surface area contributed by atoms with E-state index in [0.29, 0.717) is 5.16 Å². The van der Waals surface area contributed by atoms with Crippen molar-refractivity contribution < 1.29 is 9.53 Å². The van der Waals surface area contributed by atoms with E-state index in [2.05, 4.69) is 20.8 Å². The van der Waals surface area contributed by atoms with Crippen molar-refractivity contribution in [1.82, 2.24) is 20.2 Å². The van der Waals surface area contributed by atoms with Crippen molar-refractivity contribution in [2.45, 2.75) is 17.3 Å². The van der Waals surface area contributed by atoms with Crippen molar-refractivity contribution in [3.8, 4) is 11.4 Å². The highest BCUT2D eigenvalue weighted by atomic mass is 32.2. The topological polar surface area (TPSA) is 81.9 Å². The molecule has 0 spiro atoms. The fourth-order valence-corrected chi connectivity index (χ4v) is 3.67. The third kappa shape index (κ3) is 4.22. The first-order chi connectivity index (χ1) is 14.1. The second-order valence-electron chi connectivity index (χ2n) is 6.38. The Kier molecular flexibility index (Phi) is 5.44. The van der Waals surface area contributed by atoms with Crippen LogP contribution in [0.5, 0.6) is 5.75 Å². The number of amides is 1. The van der Waals surface area contributed by atoms with Crippen LogP contribution >= 0.6 is 11.8 Å². The van der Waals surface area contributed by atoms with Gasteiger partial charge in [-0.05, 0) is 64.5 Å². The molecule has 3 aromatic carbocycles. The summed E-state index contributed by atoms with van der Waals surface area (Å²) in [6.45, 7) is 1.83. The molecule has 7 nitrogen and oxygen atoms in total. The fourth-order valence-electron chi connectivity index (χ4n) is 2.86. The van der Waals surface area contributed by atoms with E-state index in [-0.39, 0.29) is 11.2 Å². The van der Waals surface area contributed by atoms with Gasteiger partial charge in [-0.2, -0.15) is 4.68 Å². The number of hydrogen-bond acceptors (Lipinski definition) is 6. The number of fused-ring (bicyclic) bond motifs is 1. The zero-order valence-electron chi connectivity index (χ0n) is 15.9. The van der Waals surface area contributed by atoms with Gasteiger partial charge in [-0.1, -0.05) is 42.1 Å². The summed E-state index contributed by atoms with van der Waals surface area (Å²) in [4.78, 5) is 12.7. The molecular formula is C21H19N5O2S. The van der Waals surface area contributed by atoms with Gasteiger partial charge in [0.15, 0.2) is 0 Å². The van der Waals surface area contributed by atoms with E-state index in [1.807, 2.05) is 73.7 Å². The lowest BCUT2D eigenvalue weighted by Crippen LogP contribution is -2.22. The molecule has 1 N–H and O–H groups in total. The summed E-state index contributed by atoms with van der Waals surface area (Å²) in [7, 11) is 1.61. The van der Waals surface area contributed by atoms with Gasteiger partial charge < -0.3 is 10.1 Å². The number of carbonyl (C=O) groups is 1. The number of rotatable bonds is 6. The van der Waals surface area contributed by atoms with E-state index in [1.165, 1.54) is 11.8 Å². The van der Waals surface area contributed by atoms with Crippen LogP contribution in [0.25, 0.3) is 16.5 Å². The minimum absolute atomic E-state index is 0.116. The Balaban J connectivity index is 1.46. The Labute approximate surface area is 172 Å². The lowest BCUT2D eigenvalue weighted by molar-refractivity contribution is -0.115. The summed E-state index contributed by atoms with van der Waals surface area (Å²) >= 11 is 1.30. The van der Waals surface area contributed by atoms with E-state index in [0.717, 1.165) is 27.9 Å². The number of anilines is 1. The molecule has 0 saturated carbocycles. The predicted octanol–water partition coefficient (Wildman–Crippen LogP) is 3.94. The Morgan fingerprint density at radius 3 is 2.59 bits per heavy atom. The number of aromatic nitrogens is 4. The average Bonchev–Trinajstić information content (AvgIpc) is 3.21. The number of thioether (sulfide) groups is 1. The quantitative estimate of drug-likeness (QED) is 0.489. The molecule has 0 saturated heterocycles. The monoisotopic (exact) mass is 405 g/mol. The molecule has 0 fully saturated rings. The first-order valence-electron chi connectivity index (χ1n) is 9.03. The van der Waals surface area contributed by atoms with Crippen LogP contribution in [-0.4, -0.2) is 38.5 Å². The molecule has 4 aromatic rings. The first kappa shape index (κ1) is 18.9. The summed E-state index contributed by atoms with van der Waals surface area (Å²) in [6.07, 6.45) is 0. The lowest BCUT2D eigenvalue weighted by Gasteiger charge is -2.12. The van der Waals surface area contributed by atoms with Gasteiger partial charge in [-0.15, -0.1) is 5.10 Å². The maximum Gasteiger partial charge on any atom is 0.237 e. The van der Waals surface area contributed by atoms with Gasteiger partial charge in [0.05, 0.1) is 18.0 Å². The molecule has 146 valence electrons. The first-order valence-corrected chi connectivity index (χ1v) is 9.91. The molecule has 0 unspecified atom stereocenters. The number of ether oxygens (including phenoxy) is 1. The summed E-state index contributed by atoms with van der Waals surface area (Å²) in [5.74, 6) is 0.633. The van der Waals surface area contributed by atoms with Gasteiger partial charge in [0.2, 0.25) is 11.1 Å². The molecule has 0 aliphatic rings. The van der Waals surface area contributed by atoms with E-state index in [9.17, 15) is 4.79 Å². The summed E-state index contributed by atoms with van der Waals surface area (Å²) < 4.78 is 6.78. The number of benzene rings is 3. The van der Waals surface area contributed by atoms with Gasteiger partial charge in [0, 0.05) is 5.69 Å². The number of nitrogens with zero attached hydrogens (tertiary/aromatic N) is 4. The molecule has 0 bridgehead atoms. The second-order valence-corrected chi connectivity index (χ2v) is 7.69. The van der Waals surface area contributed by atoms with E-state index < -0.39 is 0 Å². The Morgan fingerprint density at radius 2 is 1.83 bits per heavy atom. The summed E-state index contributed by atoms with van der Waals surface area (Å²) in [5, 5.41) is 17.2. The van der Waals surface area contributed by atoms with Crippen molar-refractivity contribution in [1.29, 1.82) is 0 Å². The fraction of sp³-hybridized carbons (Fsp3) is 0.143. The van der Waals surface area contributed by atoms with E-state index in [1.54, 1.807) is 11.8 Å². The molecule has 8 heteroatoms. The molecule has 1 heterocycles. The van der Waals surface area contributed by atoms with Crippen molar-refractivity contribution in [2.75, 3.05) is 12.4 Å². The summed E-state index contributed by atoms with van der Waals surface area (Å²) in [6, 6.07) is 21.3. The third-order valence-corrected chi connectivity index (χ3v) is 5.46. The number of methoxy groups -OCH3 is 1. The molecule has 0 aliphatic heterocycles. The standard InChI is InChI=1S/C21H19N5O2S/c1-14(20(27)22-17-8-7-15-5-3-4-6-16(15)13-17)29-21-23-24-25-26(21)18-9-11-19(28-2)12-10-18/h3-14H,1-2H3,(H,22,27)/t14-/m0/s1. The highest BCUT2D eigenvalue weighted by Crippen LogP contribution is 2.25. The number of carbonyl (C=O) groups excluding carboxylic acids is 1. The molecule has 0 radical (unpaired) electrons. The number of nitrogens with one attached hydrogen (secondary N) is 1. The van der Waals surface area contributed by atoms with Crippen LogP contribution in [0, 0.1) is 0 Å². The van der Waals surface area contributed by atoms with Gasteiger partial charge in [0.25, 0.3) is 0 Å². The van der Waals surface area contributed by atoms with Crippen molar-refractivity contribution in [2.24, 2.45) is 0 Å². The highest BCUT2D eigenvalue weighted by Gasteiger charge is 2.19. The zero-order valence-corrected chi connectivity index (χ0v) is 16.8. The molecule has 1 amide bonds. The minimum atomic E-state index is -0.385. The van der Waals surface area contributed by atoms with Crippen molar-refractivity contribution >= 4 is 34.1 Å². The zero-order chi connectivity index (χ0) is 20.2. The smallest absolute Gasteiger partial charge is 0.237 e. The van der Waals surface area contributed by atoms with Crippen LogP contribution in [-0.2, 0) is 4.79 Å². The van der Waals surface area contributed by atoms with Crippen molar-refractivity contribution in [3.05, 3.63) is 66.7 Å². The number of tetrazole rings is 1. The molecule has 0 aliphatic carbocycles. The number of hydrogen-bond donors (Lipinski definition) is 1. The normalized spacial score (nSPS) is 11.9. The highest BCUT2D eigenvalue weighted by molar-refractivity contribution is 8.00. The van der Waals surface area contributed by atoms with Gasteiger partial charge in [-0.25, -0.2) is 0 Å². The second kappa shape index (κ2) is 8.32. The van der Waals surface area contributed by atoms with Gasteiger partial charge in [-0.3, -0.25) is 4.79 Å². The maximum absolute atomic E-state index is 12.7. The Bertz CT molecular complexity index is 1140. The maximum atomic E-state index is 12.7. The molecule has 1 atom stereocenters. The van der Waals surface area contributed by atoms with Crippen LogP contribution in [0.2, 0.25) is 0 Å². The molecule has 29 heavy (non-hydrogen) atoms. The summed E-state index contributed by atoms with van der Waals surface area (Å²) in [5.41, 5.74) is 1.55. The van der Waals surface area contributed by atoms with Crippen LogP contribution in [0.3, 0.4) is 0 Å². The SMILES string of the molecule is COc1ccc(-n2nnnc2S[C@@H](C)C(=O)Nc2ccc3ccccc3c2)cc1.